The number of benzene rings is 3. The first kappa shape index (κ1) is 32.6. The summed E-state index contributed by atoms with van der Waals surface area (Å²) in [6.07, 6.45) is 7.15. The maximum atomic E-state index is 14.0. The second-order valence-electron chi connectivity index (χ2n) is 11.4. The standard InChI is InChI=1S/C34H42ClN3O4S/c1-26-30(35)20-12-21-31(26)38(43(2,41)42)23-13-22-33(39)37(25-28-16-8-4-9-17-28)32(24-27-14-6-3-7-15-27)34(40)36-29-18-10-5-11-19-29/h3-4,6-9,12,14-17,20-21,29,32H,5,10-11,13,18-19,22-25H2,1-2H3,(H,36,40)/t32-/m0/s1. The van der Waals surface area contributed by atoms with Gasteiger partial charge in [-0.25, -0.2) is 8.42 Å². The molecule has 7 nitrogen and oxygen atoms in total. The van der Waals surface area contributed by atoms with Gasteiger partial charge in [0.1, 0.15) is 6.04 Å². The van der Waals surface area contributed by atoms with E-state index in [2.05, 4.69) is 5.32 Å². The highest BCUT2D eigenvalue weighted by molar-refractivity contribution is 7.92. The number of nitrogens with zero attached hydrogens (tertiary/aromatic N) is 2. The van der Waals surface area contributed by atoms with Gasteiger partial charge in [0.15, 0.2) is 0 Å². The average molecular weight is 624 g/mol. The van der Waals surface area contributed by atoms with Crippen molar-refractivity contribution in [3.63, 3.8) is 0 Å². The normalized spacial score (nSPS) is 14.6. The number of sulfonamides is 1. The molecule has 230 valence electrons. The Morgan fingerprint density at radius 1 is 0.907 bits per heavy atom. The third-order valence-electron chi connectivity index (χ3n) is 8.08. The number of carbonyl (C=O) groups is 2. The molecule has 0 aromatic heterocycles. The Morgan fingerprint density at radius 2 is 1.53 bits per heavy atom. The van der Waals surface area contributed by atoms with E-state index in [1.807, 2.05) is 60.7 Å². The van der Waals surface area contributed by atoms with Crippen LogP contribution in [0.4, 0.5) is 5.69 Å². The van der Waals surface area contributed by atoms with Gasteiger partial charge in [0.2, 0.25) is 21.8 Å². The Morgan fingerprint density at radius 3 is 2.16 bits per heavy atom. The first-order valence-corrected chi connectivity index (χ1v) is 17.3. The number of carbonyl (C=O) groups excluding carboxylic acids is 2. The van der Waals surface area contributed by atoms with Gasteiger partial charge in [0, 0.05) is 37.0 Å². The van der Waals surface area contributed by atoms with Crippen LogP contribution in [0.2, 0.25) is 5.02 Å². The maximum absolute atomic E-state index is 14.0. The summed E-state index contributed by atoms with van der Waals surface area (Å²) >= 11 is 6.29. The van der Waals surface area contributed by atoms with Gasteiger partial charge in [0.05, 0.1) is 11.9 Å². The predicted molar refractivity (Wildman–Crippen MR) is 174 cm³/mol. The van der Waals surface area contributed by atoms with Crippen molar-refractivity contribution in [2.45, 2.75) is 76.9 Å². The number of nitrogens with one attached hydrogen (secondary N) is 1. The maximum Gasteiger partial charge on any atom is 0.243 e. The lowest BCUT2D eigenvalue weighted by Gasteiger charge is -2.34. The number of rotatable bonds is 13. The number of halogens is 1. The highest BCUT2D eigenvalue weighted by Gasteiger charge is 2.32. The molecule has 3 aromatic rings. The molecule has 3 aromatic carbocycles. The predicted octanol–water partition coefficient (Wildman–Crippen LogP) is 6.28. The van der Waals surface area contributed by atoms with E-state index in [-0.39, 0.29) is 43.8 Å². The smallest absolute Gasteiger partial charge is 0.243 e. The van der Waals surface area contributed by atoms with E-state index in [4.69, 9.17) is 11.6 Å². The average Bonchev–Trinajstić information content (AvgIpc) is 2.99. The molecule has 2 amide bonds. The van der Waals surface area contributed by atoms with Crippen molar-refractivity contribution in [3.05, 3.63) is 101 Å². The van der Waals surface area contributed by atoms with Gasteiger partial charge in [-0.2, -0.15) is 0 Å². The molecular weight excluding hydrogens is 582 g/mol. The van der Waals surface area contributed by atoms with Crippen LogP contribution in [0.15, 0.2) is 78.9 Å². The van der Waals surface area contributed by atoms with Gasteiger partial charge < -0.3 is 10.2 Å². The molecule has 0 unspecified atom stereocenters. The van der Waals surface area contributed by atoms with E-state index in [1.54, 1.807) is 30.0 Å². The summed E-state index contributed by atoms with van der Waals surface area (Å²) in [5.41, 5.74) is 3.05. The summed E-state index contributed by atoms with van der Waals surface area (Å²) in [6.45, 7) is 2.17. The Hall–Kier alpha value is -3.36. The van der Waals surface area contributed by atoms with Crippen molar-refractivity contribution in [2.75, 3.05) is 17.1 Å². The fourth-order valence-corrected chi connectivity index (χ4v) is 6.91. The summed E-state index contributed by atoms with van der Waals surface area (Å²) in [6, 6.07) is 24.0. The van der Waals surface area contributed by atoms with Crippen molar-refractivity contribution in [3.8, 4) is 0 Å². The molecule has 4 rings (SSSR count). The molecule has 0 aliphatic heterocycles. The van der Waals surface area contributed by atoms with Crippen molar-refractivity contribution in [2.24, 2.45) is 0 Å². The fourth-order valence-electron chi connectivity index (χ4n) is 5.73. The quantitative estimate of drug-likeness (QED) is 0.243. The first-order chi connectivity index (χ1) is 20.6. The molecule has 1 saturated carbocycles. The summed E-state index contributed by atoms with van der Waals surface area (Å²) in [5.74, 6) is -0.341. The first-order valence-electron chi connectivity index (χ1n) is 15.0. The molecule has 0 heterocycles. The lowest BCUT2D eigenvalue weighted by molar-refractivity contribution is -0.141. The van der Waals surface area contributed by atoms with Crippen molar-refractivity contribution in [1.82, 2.24) is 10.2 Å². The molecule has 43 heavy (non-hydrogen) atoms. The number of anilines is 1. The lowest BCUT2D eigenvalue weighted by Crippen LogP contribution is -2.52. The van der Waals surface area contributed by atoms with Gasteiger partial charge in [0.25, 0.3) is 0 Å². The topological polar surface area (TPSA) is 86.8 Å². The van der Waals surface area contributed by atoms with Gasteiger partial charge in [-0.15, -0.1) is 0 Å². The molecular formula is C34H42ClN3O4S. The highest BCUT2D eigenvalue weighted by Crippen LogP contribution is 2.29. The molecule has 9 heteroatoms. The second kappa shape index (κ2) is 15.4. The summed E-state index contributed by atoms with van der Waals surface area (Å²) < 4.78 is 26.8. The summed E-state index contributed by atoms with van der Waals surface area (Å²) in [7, 11) is -3.63. The van der Waals surface area contributed by atoms with Crippen LogP contribution in [0.1, 0.15) is 61.6 Å². The summed E-state index contributed by atoms with van der Waals surface area (Å²) in [5, 5.41) is 3.73. The van der Waals surface area contributed by atoms with E-state index < -0.39 is 16.1 Å². The van der Waals surface area contributed by atoms with Crippen LogP contribution in [0.25, 0.3) is 0 Å². The van der Waals surface area contributed by atoms with Crippen LogP contribution in [-0.4, -0.2) is 50.0 Å². The van der Waals surface area contributed by atoms with Gasteiger partial charge in [-0.1, -0.05) is 97.6 Å². The monoisotopic (exact) mass is 623 g/mol. The van der Waals surface area contributed by atoms with Crippen LogP contribution in [0.5, 0.6) is 0 Å². The van der Waals surface area contributed by atoms with Crippen molar-refractivity contribution >= 4 is 39.1 Å². The number of amides is 2. The number of hydrogen-bond donors (Lipinski definition) is 1. The largest absolute Gasteiger partial charge is 0.352 e. The minimum Gasteiger partial charge on any atom is -0.352 e. The fraction of sp³-hybridized carbons (Fsp3) is 0.412. The lowest BCUT2D eigenvalue weighted by atomic mass is 9.94. The molecule has 1 aliphatic rings. The van der Waals surface area contributed by atoms with Gasteiger partial charge in [-0.3, -0.25) is 13.9 Å². The summed E-state index contributed by atoms with van der Waals surface area (Å²) in [4.78, 5) is 29.6. The molecule has 0 spiro atoms. The van der Waals surface area contributed by atoms with Crippen LogP contribution < -0.4 is 9.62 Å². The minimum atomic E-state index is -3.63. The van der Waals surface area contributed by atoms with E-state index in [1.165, 1.54) is 10.7 Å². The molecule has 0 saturated heterocycles. The van der Waals surface area contributed by atoms with Gasteiger partial charge in [-0.05, 0) is 55.0 Å². The Balaban J connectivity index is 1.58. The Kier molecular flexibility index (Phi) is 11.7. The molecule has 1 atom stereocenters. The second-order valence-corrected chi connectivity index (χ2v) is 13.7. The molecule has 1 N–H and O–H groups in total. The van der Waals surface area contributed by atoms with Gasteiger partial charge >= 0.3 is 0 Å². The molecule has 0 bridgehead atoms. The third kappa shape index (κ3) is 9.31. The third-order valence-corrected chi connectivity index (χ3v) is 9.67. The van der Waals surface area contributed by atoms with Crippen LogP contribution >= 0.6 is 11.6 Å². The van der Waals surface area contributed by atoms with Crippen LogP contribution in [-0.2, 0) is 32.6 Å². The zero-order valence-corrected chi connectivity index (χ0v) is 26.6. The van der Waals surface area contributed by atoms with E-state index in [0.29, 0.717) is 22.7 Å². The Labute approximate surface area is 261 Å². The van der Waals surface area contributed by atoms with Crippen LogP contribution in [0.3, 0.4) is 0 Å². The van der Waals surface area contributed by atoms with E-state index in [0.717, 1.165) is 43.1 Å². The SMILES string of the molecule is Cc1c(Cl)cccc1N(CCCC(=O)N(Cc1ccccc1)[C@@H](Cc1ccccc1)C(=O)NC1CCCCC1)S(C)(=O)=O. The van der Waals surface area contributed by atoms with E-state index >= 15 is 0 Å². The minimum absolute atomic E-state index is 0.0838. The van der Waals surface area contributed by atoms with E-state index in [9.17, 15) is 18.0 Å². The Bertz CT molecular complexity index is 1460. The molecule has 1 aliphatic carbocycles. The highest BCUT2D eigenvalue weighted by atomic mass is 35.5. The molecule has 1 fully saturated rings. The van der Waals surface area contributed by atoms with Crippen molar-refractivity contribution < 1.29 is 18.0 Å². The zero-order valence-electron chi connectivity index (χ0n) is 25.0. The van der Waals surface area contributed by atoms with Crippen LogP contribution in [0, 0.1) is 6.92 Å². The molecule has 0 radical (unpaired) electrons. The van der Waals surface area contributed by atoms with Crippen molar-refractivity contribution in [1.29, 1.82) is 0 Å². The number of hydrogen-bond acceptors (Lipinski definition) is 4. The zero-order chi connectivity index (χ0) is 30.8.